The van der Waals surface area contributed by atoms with Gasteiger partial charge in [0.25, 0.3) is 0 Å². The maximum atomic E-state index is 5.52. The van der Waals surface area contributed by atoms with Gasteiger partial charge in [-0.15, -0.1) is 0 Å². The van der Waals surface area contributed by atoms with Gasteiger partial charge >= 0.3 is 0 Å². The van der Waals surface area contributed by atoms with E-state index in [4.69, 9.17) is 4.74 Å². The average Bonchev–Trinajstić information content (AvgIpc) is 2.65. The van der Waals surface area contributed by atoms with Crippen molar-refractivity contribution < 1.29 is 4.74 Å². The molecule has 1 aliphatic carbocycles. The maximum Gasteiger partial charge on any atom is 0.0847 e. The molecule has 11 heavy (non-hydrogen) atoms. The first kappa shape index (κ1) is 7.60. The number of fused-ring (bicyclic) bond motifs is 1. The number of rotatable bonds is 1. The topological polar surface area (TPSA) is 12.5 Å². The lowest BCUT2D eigenvalue weighted by Gasteiger charge is -2.35. The molecular formula is C10H18O. The fourth-order valence-electron chi connectivity index (χ4n) is 2.17. The van der Waals surface area contributed by atoms with Gasteiger partial charge in [-0.1, -0.05) is 20.8 Å². The summed E-state index contributed by atoms with van der Waals surface area (Å²) in [5, 5.41) is 0. The van der Waals surface area contributed by atoms with E-state index in [-0.39, 0.29) is 0 Å². The molecule has 1 saturated heterocycles. The Bertz CT molecular complexity index is 164. The van der Waals surface area contributed by atoms with Crippen molar-refractivity contribution in [3.63, 3.8) is 0 Å². The van der Waals surface area contributed by atoms with Gasteiger partial charge in [-0.25, -0.2) is 0 Å². The molecule has 1 saturated carbocycles. The predicted molar refractivity (Wildman–Crippen MR) is 45.5 cm³/mol. The van der Waals surface area contributed by atoms with Gasteiger partial charge in [0.2, 0.25) is 0 Å². The molecule has 1 heteroatoms. The van der Waals surface area contributed by atoms with Crippen LogP contribution in [0.5, 0.6) is 0 Å². The summed E-state index contributed by atoms with van der Waals surface area (Å²) in [5.74, 6) is 0.813. The van der Waals surface area contributed by atoms with Crippen molar-refractivity contribution in [1.29, 1.82) is 0 Å². The minimum absolute atomic E-state index is 0.567. The molecular weight excluding hydrogens is 136 g/mol. The van der Waals surface area contributed by atoms with Gasteiger partial charge in [0.15, 0.2) is 0 Å². The van der Waals surface area contributed by atoms with E-state index in [2.05, 4.69) is 20.8 Å². The van der Waals surface area contributed by atoms with Crippen LogP contribution in [0, 0.1) is 11.3 Å². The van der Waals surface area contributed by atoms with Gasteiger partial charge in [-0.2, -0.15) is 0 Å². The summed E-state index contributed by atoms with van der Waals surface area (Å²) in [6.07, 6.45) is 5.26. The Balaban J connectivity index is 2.02. The molecule has 1 nitrogen and oxygen atoms in total. The summed E-state index contributed by atoms with van der Waals surface area (Å²) in [6, 6.07) is 0. The Labute approximate surface area is 69.1 Å². The average molecular weight is 154 g/mol. The normalized spacial score (nSPS) is 49.1. The summed E-state index contributed by atoms with van der Waals surface area (Å²) >= 11 is 0. The summed E-state index contributed by atoms with van der Waals surface area (Å²) < 4.78 is 5.52. The predicted octanol–water partition coefficient (Wildman–Crippen LogP) is 2.60. The summed E-state index contributed by atoms with van der Waals surface area (Å²) in [6.45, 7) is 7.08. The van der Waals surface area contributed by atoms with Gasteiger partial charge in [-0.3, -0.25) is 0 Å². The van der Waals surface area contributed by atoms with Gasteiger partial charge in [-0.05, 0) is 30.6 Å². The van der Waals surface area contributed by atoms with Crippen molar-refractivity contribution in [2.75, 3.05) is 0 Å². The van der Waals surface area contributed by atoms with E-state index >= 15 is 0 Å². The van der Waals surface area contributed by atoms with E-state index in [1.807, 2.05) is 0 Å². The van der Waals surface area contributed by atoms with Crippen LogP contribution < -0.4 is 0 Å². The molecule has 0 amide bonds. The van der Waals surface area contributed by atoms with Crippen LogP contribution in [0.3, 0.4) is 0 Å². The van der Waals surface area contributed by atoms with Crippen LogP contribution in [0.1, 0.15) is 40.0 Å². The molecule has 0 N–H and O–H groups in total. The Hall–Kier alpha value is -0.0400. The van der Waals surface area contributed by atoms with E-state index in [1.165, 1.54) is 19.3 Å². The van der Waals surface area contributed by atoms with Crippen LogP contribution >= 0.6 is 0 Å². The van der Waals surface area contributed by atoms with Crippen molar-refractivity contribution in [3.05, 3.63) is 0 Å². The highest BCUT2D eigenvalue weighted by molar-refractivity contribution is 4.97. The molecule has 64 valence electrons. The minimum atomic E-state index is 0.567. The molecule has 0 radical (unpaired) electrons. The first-order chi connectivity index (χ1) is 5.12. The van der Waals surface area contributed by atoms with Gasteiger partial charge in [0, 0.05) is 0 Å². The van der Waals surface area contributed by atoms with Gasteiger partial charge in [0.05, 0.1) is 12.2 Å². The van der Waals surface area contributed by atoms with Crippen molar-refractivity contribution >= 4 is 0 Å². The van der Waals surface area contributed by atoms with E-state index < -0.39 is 0 Å². The van der Waals surface area contributed by atoms with Crippen LogP contribution in [0.2, 0.25) is 0 Å². The quantitative estimate of drug-likeness (QED) is 0.529. The summed E-state index contributed by atoms with van der Waals surface area (Å²) in [4.78, 5) is 0. The van der Waals surface area contributed by atoms with Crippen LogP contribution in [-0.4, -0.2) is 12.2 Å². The first-order valence-electron chi connectivity index (χ1n) is 4.77. The number of ether oxygens (including phenoxy) is 1. The SMILES string of the molecule is CC(C)C1(C)CCC2OC2C1. The zero-order valence-corrected chi connectivity index (χ0v) is 7.76. The molecule has 3 unspecified atom stereocenters. The van der Waals surface area contributed by atoms with E-state index in [1.54, 1.807) is 0 Å². The fourth-order valence-corrected chi connectivity index (χ4v) is 2.17. The lowest BCUT2D eigenvalue weighted by atomic mass is 9.69. The molecule has 1 heterocycles. The maximum absolute atomic E-state index is 5.52. The lowest BCUT2D eigenvalue weighted by molar-refractivity contribution is 0.156. The third-order valence-electron chi connectivity index (χ3n) is 3.75. The Kier molecular flexibility index (Phi) is 1.54. The van der Waals surface area contributed by atoms with Gasteiger partial charge in [0.1, 0.15) is 0 Å². The molecule has 2 aliphatic rings. The molecule has 3 atom stereocenters. The van der Waals surface area contributed by atoms with Crippen molar-refractivity contribution in [2.24, 2.45) is 11.3 Å². The molecule has 0 aromatic carbocycles. The van der Waals surface area contributed by atoms with E-state index in [0.29, 0.717) is 17.6 Å². The zero-order chi connectivity index (χ0) is 8.06. The molecule has 0 aromatic rings. The smallest absolute Gasteiger partial charge is 0.0847 e. The Morgan fingerprint density at radius 3 is 2.64 bits per heavy atom. The highest BCUT2D eigenvalue weighted by Crippen LogP contribution is 2.49. The summed E-state index contributed by atoms with van der Waals surface area (Å²) in [7, 11) is 0. The summed E-state index contributed by atoms with van der Waals surface area (Å²) in [5.41, 5.74) is 0.567. The van der Waals surface area contributed by atoms with E-state index in [9.17, 15) is 0 Å². The number of epoxide rings is 1. The molecule has 2 rings (SSSR count). The Morgan fingerprint density at radius 1 is 1.36 bits per heavy atom. The molecule has 2 fully saturated rings. The standard InChI is InChI=1S/C10H18O/c1-7(2)10(3)5-4-8-9(6-10)11-8/h7-9H,4-6H2,1-3H3. The third kappa shape index (κ3) is 1.20. The number of hydrogen-bond donors (Lipinski definition) is 0. The molecule has 0 spiro atoms. The van der Waals surface area contributed by atoms with Crippen LogP contribution in [0.15, 0.2) is 0 Å². The van der Waals surface area contributed by atoms with Crippen molar-refractivity contribution in [3.8, 4) is 0 Å². The second-order valence-electron chi connectivity index (χ2n) is 4.76. The largest absolute Gasteiger partial charge is 0.370 e. The van der Waals surface area contributed by atoms with E-state index in [0.717, 1.165) is 5.92 Å². The van der Waals surface area contributed by atoms with Crippen molar-refractivity contribution in [2.45, 2.75) is 52.2 Å². The lowest BCUT2D eigenvalue weighted by Crippen LogP contribution is -2.29. The second kappa shape index (κ2) is 2.22. The Morgan fingerprint density at radius 2 is 2.09 bits per heavy atom. The first-order valence-corrected chi connectivity index (χ1v) is 4.77. The molecule has 0 aromatic heterocycles. The molecule has 0 bridgehead atoms. The van der Waals surface area contributed by atoms with Crippen LogP contribution in [0.4, 0.5) is 0 Å². The highest BCUT2D eigenvalue weighted by atomic mass is 16.6. The monoisotopic (exact) mass is 154 g/mol. The van der Waals surface area contributed by atoms with Gasteiger partial charge < -0.3 is 4.74 Å². The minimum Gasteiger partial charge on any atom is -0.370 e. The molecule has 1 aliphatic heterocycles. The van der Waals surface area contributed by atoms with Crippen molar-refractivity contribution in [1.82, 2.24) is 0 Å². The van der Waals surface area contributed by atoms with Crippen LogP contribution in [0.25, 0.3) is 0 Å². The zero-order valence-electron chi connectivity index (χ0n) is 7.76. The van der Waals surface area contributed by atoms with Crippen LogP contribution in [-0.2, 0) is 4.74 Å². The second-order valence-corrected chi connectivity index (χ2v) is 4.76. The fraction of sp³-hybridized carbons (Fsp3) is 1.00. The third-order valence-corrected chi connectivity index (χ3v) is 3.75. The number of hydrogen-bond acceptors (Lipinski definition) is 1. The highest BCUT2D eigenvalue weighted by Gasteiger charge is 2.49.